The molecule has 0 saturated carbocycles. The molecule has 0 aliphatic heterocycles. The number of benzene rings is 3. The predicted octanol–water partition coefficient (Wildman–Crippen LogP) is 3.85. The molecule has 0 saturated heterocycles. The van der Waals surface area contributed by atoms with Crippen molar-refractivity contribution >= 4 is 44.6 Å². The Hall–Kier alpha value is -3.32. The van der Waals surface area contributed by atoms with Crippen LogP contribution in [-0.2, 0) is 9.59 Å². The summed E-state index contributed by atoms with van der Waals surface area (Å²) in [5, 5.41) is 2.05. The first kappa shape index (κ1) is 20.4. The molecule has 0 aromatic heterocycles. The van der Waals surface area contributed by atoms with Gasteiger partial charge in [0.05, 0.1) is 11.6 Å². The highest BCUT2D eigenvalue weighted by Crippen LogP contribution is 2.32. The van der Waals surface area contributed by atoms with Gasteiger partial charge >= 0.3 is 0 Å². The van der Waals surface area contributed by atoms with Gasteiger partial charge < -0.3 is 9.47 Å². The minimum atomic E-state index is -0.482. The Balaban J connectivity index is 1.50. The second kappa shape index (κ2) is 9.75. The summed E-state index contributed by atoms with van der Waals surface area (Å²) in [5.74, 6) is 0.233. The number of hydrogen-bond acceptors (Lipinski definition) is 4. The molecule has 3 aromatic rings. The van der Waals surface area contributed by atoms with E-state index in [1.807, 2.05) is 48.5 Å². The Labute approximate surface area is 176 Å². The van der Waals surface area contributed by atoms with Gasteiger partial charge in [0.25, 0.3) is 11.8 Å². The van der Waals surface area contributed by atoms with Crippen molar-refractivity contribution < 1.29 is 19.1 Å². The van der Waals surface area contributed by atoms with Gasteiger partial charge in [0, 0.05) is 11.6 Å². The van der Waals surface area contributed by atoms with Crippen LogP contribution in [0.4, 0.5) is 0 Å². The zero-order valence-electron chi connectivity index (χ0n) is 15.6. The van der Waals surface area contributed by atoms with Crippen LogP contribution in [0.15, 0.2) is 71.2 Å². The molecule has 148 valence electrons. The number of carbonyl (C=O) groups excluding carboxylic acids is 2. The summed E-state index contributed by atoms with van der Waals surface area (Å²) in [4.78, 5) is 23.9. The maximum absolute atomic E-state index is 12.0. The van der Waals surface area contributed by atoms with Crippen molar-refractivity contribution in [3.05, 3.63) is 76.8 Å². The number of nitrogens with one attached hydrogen (secondary N) is 2. The van der Waals surface area contributed by atoms with Crippen LogP contribution in [0.1, 0.15) is 5.56 Å². The molecule has 0 bridgehead atoms. The van der Waals surface area contributed by atoms with Gasteiger partial charge in [-0.3, -0.25) is 20.4 Å². The monoisotopic (exact) mass is 454 g/mol. The average molecular weight is 455 g/mol. The van der Waals surface area contributed by atoms with Gasteiger partial charge in [-0.15, -0.1) is 0 Å². The van der Waals surface area contributed by atoms with Gasteiger partial charge in [-0.25, -0.2) is 0 Å². The van der Waals surface area contributed by atoms with Crippen molar-refractivity contribution in [1.82, 2.24) is 10.9 Å². The molecule has 0 radical (unpaired) electrons. The fourth-order valence-corrected chi connectivity index (χ4v) is 3.25. The molecule has 2 N–H and O–H groups in total. The smallest absolute Gasteiger partial charge is 0.276 e. The number of rotatable bonds is 6. The number of halogens is 1. The lowest BCUT2D eigenvalue weighted by Crippen LogP contribution is -2.43. The van der Waals surface area contributed by atoms with Crippen LogP contribution in [0, 0.1) is 0 Å². The summed E-state index contributed by atoms with van der Waals surface area (Å²) in [7, 11) is 1.56. The molecule has 3 aromatic carbocycles. The van der Waals surface area contributed by atoms with E-state index in [2.05, 4.69) is 26.8 Å². The first-order valence-corrected chi connectivity index (χ1v) is 9.58. The van der Waals surface area contributed by atoms with Gasteiger partial charge in [0.1, 0.15) is 11.5 Å². The van der Waals surface area contributed by atoms with Crippen molar-refractivity contribution in [3.63, 3.8) is 0 Å². The normalized spacial score (nSPS) is 10.7. The Kier molecular flexibility index (Phi) is 6.86. The summed E-state index contributed by atoms with van der Waals surface area (Å²) in [6.07, 6.45) is 2.90. The maximum atomic E-state index is 12.0. The largest absolute Gasteiger partial charge is 0.496 e. The maximum Gasteiger partial charge on any atom is 0.276 e. The lowest BCUT2D eigenvalue weighted by molar-refractivity contribution is -0.128. The van der Waals surface area contributed by atoms with Crippen LogP contribution >= 0.6 is 15.9 Å². The summed E-state index contributed by atoms with van der Waals surface area (Å²) in [6, 6.07) is 18.8. The van der Waals surface area contributed by atoms with Crippen LogP contribution in [0.3, 0.4) is 0 Å². The van der Waals surface area contributed by atoms with Crippen molar-refractivity contribution in [3.8, 4) is 11.5 Å². The lowest BCUT2D eigenvalue weighted by atomic mass is 10.1. The van der Waals surface area contributed by atoms with Crippen molar-refractivity contribution in [2.75, 3.05) is 13.7 Å². The number of carbonyl (C=O) groups is 2. The van der Waals surface area contributed by atoms with Crippen LogP contribution in [0.2, 0.25) is 0 Å². The topological polar surface area (TPSA) is 76.7 Å². The second-order valence-corrected chi connectivity index (χ2v) is 6.79. The first-order chi connectivity index (χ1) is 14.1. The van der Waals surface area contributed by atoms with Gasteiger partial charge in [0.2, 0.25) is 0 Å². The fourth-order valence-electron chi connectivity index (χ4n) is 2.65. The molecule has 3 rings (SSSR count). The standard InChI is InChI=1S/C22H19BrN2O4/c1-28-18-9-5-3-7-16(18)11-13-20(26)24-25-21(27)14-29-19-12-10-15-6-2-4-8-17(15)22(19)23/h2-13H,14H2,1H3,(H,24,26)(H,25,27)/b13-11+. The Morgan fingerprint density at radius 3 is 2.55 bits per heavy atom. The Morgan fingerprint density at radius 2 is 1.72 bits per heavy atom. The molecule has 0 spiro atoms. The van der Waals surface area contributed by atoms with Crippen LogP contribution in [0.25, 0.3) is 16.8 Å². The van der Waals surface area contributed by atoms with Gasteiger partial charge in [0.15, 0.2) is 6.61 Å². The van der Waals surface area contributed by atoms with E-state index in [1.54, 1.807) is 25.3 Å². The van der Waals surface area contributed by atoms with Gasteiger partial charge in [-0.05, 0) is 44.9 Å². The minimum Gasteiger partial charge on any atom is -0.496 e. The number of fused-ring (bicyclic) bond motifs is 1. The minimum absolute atomic E-state index is 0.243. The SMILES string of the molecule is COc1ccccc1/C=C/C(=O)NNC(=O)COc1ccc2ccccc2c1Br. The lowest BCUT2D eigenvalue weighted by Gasteiger charge is -2.11. The fraction of sp³-hybridized carbons (Fsp3) is 0.0909. The van der Waals surface area contributed by atoms with Crippen molar-refractivity contribution in [1.29, 1.82) is 0 Å². The average Bonchev–Trinajstić information content (AvgIpc) is 2.76. The number of hydrogen-bond donors (Lipinski definition) is 2. The molecule has 29 heavy (non-hydrogen) atoms. The summed E-state index contributed by atoms with van der Waals surface area (Å²) < 4.78 is 11.5. The van der Waals surface area contributed by atoms with E-state index in [0.717, 1.165) is 20.8 Å². The van der Waals surface area contributed by atoms with E-state index in [1.165, 1.54) is 6.08 Å². The zero-order chi connectivity index (χ0) is 20.6. The van der Waals surface area contributed by atoms with Gasteiger partial charge in [-0.2, -0.15) is 0 Å². The van der Waals surface area contributed by atoms with E-state index in [4.69, 9.17) is 9.47 Å². The van der Waals surface area contributed by atoms with Crippen LogP contribution in [-0.4, -0.2) is 25.5 Å². The summed E-state index contributed by atoms with van der Waals surface area (Å²) in [6.45, 7) is -0.243. The highest BCUT2D eigenvalue weighted by atomic mass is 79.9. The van der Waals surface area contributed by atoms with E-state index in [9.17, 15) is 9.59 Å². The van der Waals surface area contributed by atoms with Crippen LogP contribution < -0.4 is 20.3 Å². The number of para-hydroxylation sites is 1. The molecule has 0 aliphatic carbocycles. The third-order valence-corrected chi connectivity index (χ3v) is 4.88. The van der Waals surface area contributed by atoms with E-state index < -0.39 is 11.8 Å². The van der Waals surface area contributed by atoms with Crippen molar-refractivity contribution in [2.24, 2.45) is 0 Å². The second-order valence-electron chi connectivity index (χ2n) is 6.00. The molecule has 7 heteroatoms. The molecule has 0 atom stereocenters. The number of amides is 2. The Morgan fingerprint density at radius 1 is 0.966 bits per heavy atom. The molecule has 0 aliphatic rings. The summed E-state index contributed by atoms with van der Waals surface area (Å²) >= 11 is 3.50. The third-order valence-electron chi connectivity index (χ3n) is 4.06. The number of methoxy groups -OCH3 is 1. The molecule has 0 unspecified atom stereocenters. The van der Waals surface area contributed by atoms with E-state index >= 15 is 0 Å². The number of ether oxygens (including phenoxy) is 2. The molecule has 6 nitrogen and oxygen atoms in total. The number of hydrazine groups is 1. The van der Waals surface area contributed by atoms with Crippen LogP contribution in [0.5, 0.6) is 11.5 Å². The molecular weight excluding hydrogens is 436 g/mol. The highest BCUT2D eigenvalue weighted by Gasteiger charge is 2.09. The highest BCUT2D eigenvalue weighted by molar-refractivity contribution is 9.10. The molecule has 0 fully saturated rings. The molecular formula is C22H19BrN2O4. The predicted molar refractivity (Wildman–Crippen MR) is 115 cm³/mol. The van der Waals surface area contributed by atoms with Gasteiger partial charge in [-0.1, -0.05) is 48.5 Å². The zero-order valence-corrected chi connectivity index (χ0v) is 17.2. The summed E-state index contributed by atoms with van der Waals surface area (Å²) in [5.41, 5.74) is 5.38. The molecule has 0 heterocycles. The quantitative estimate of drug-likeness (QED) is 0.438. The Bertz CT molecular complexity index is 1070. The third kappa shape index (κ3) is 5.36. The van der Waals surface area contributed by atoms with E-state index in [0.29, 0.717) is 11.5 Å². The molecule has 2 amide bonds. The first-order valence-electron chi connectivity index (χ1n) is 8.78. The van der Waals surface area contributed by atoms with E-state index in [-0.39, 0.29) is 6.61 Å². The van der Waals surface area contributed by atoms with Crippen molar-refractivity contribution in [2.45, 2.75) is 0 Å².